The third-order valence-corrected chi connectivity index (χ3v) is 4.74. The highest BCUT2D eigenvalue weighted by Crippen LogP contribution is 2.33. The monoisotopic (exact) mass is 442 g/mol. The summed E-state index contributed by atoms with van der Waals surface area (Å²) in [7, 11) is 0. The van der Waals surface area contributed by atoms with Gasteiger partial charge in [0.2, 0.25) is 5.79 Å². The predicted molar refractivity (Wildman–Crippen MR) is 112 cm³/mol. The van der Waals surface area contributed by atoms with Gasteiger partial charge in [0, 0.05) is 33.7 Å². The van der Waals surface area contributed by atoms with Crippen LogP contribution in [0.1, 0.15) is 5.56 Å². The van der Waals surface area contributed by atoms with Gasteiger partial charge in [-0.25, -0.2) is 9.37 Å². The zero-order chi connectivity index (χ0) is 19.4. The van der Waals surface area contributed by atoms with Crippen molar-refractivity contribution >= 4 is 57.8 Å². The van der Waals surface area contributed by atoms with Gasteiger partial charge >= 0.3 is 0 Å². The number of alkyl halides is 1. The van der Waals surface area contributed by atoms with Crippen LogP contribution in [0.4, 0.5) is 10.1 Å². The van der Waals surface area contributed by atoms with Crippen LogP contribution in [-0.4, -0.2) is 14.7 Å². The van der Waals surface area contributed by atoms with Crippen LogP contribution in [0.25, 0.3) is 0 Å². The first-order chi connectivity index (χ1) is 12.9. The molecule has 0 aliphatic heterocycles. The molecule has 0 spiro atoms. The van der Waals surface area contributed by atoms with Gasteiger partial charge < -0.3 is 15.2 Å². The lowest BCUT2D eigenvalue weighted by atomic mass is 10.0. The fraction of sp³-hybridized carbons (Fsp3) is 0.111. The first-order valence-corrected chi connectivity index (χ1v) is 9.35. The molecule has 2 N–H and O–H groups in total. The van der Waals surface area contributed by atoms with Crippen molar-refractivity contribution in [1.82, 2.24) is 14.9 Å². The number of hydrogen-bond acceptors (Lipinski definition) is 2. The second-order valence-electron chi connectivity index (χ2n) is 5.75. The van der Waals surface area contributed by atoms with Crippen molar-refractivity contribution in [3.8, 4) is 0 Å². The Balaban J connectivity index is 1.87. The van der Waals surface area contributed by atoms with Gasteiger partial charge in [-0.2, -0.15) is 0 Å². The van der Waals surface area contributed by atoms with E-state index in [4.69, 9.17) is 47.0 Å². The Morgan fingerprint density at radius 1 is 1.11 bits per heavy atom. The Labute approximate surface area is 176 Å². The van der Waals surface area contributed by atoms with Crippen molar-refractivity contribution < 1.29 is 4.39 Å². The van der Waals surface area contributed by atoms with Gasteiger partial charge in [-0.1, -0.05) is 40.9 Å². The van der Waals surface area contributed by atoms with E-state index < -0.39 is 5.79 Å². The summed E-state index contributed by atoms with van der Waals surface area (Å²) in [6.45, 7) is -0.100. The van der Waals surface area contributed by atoms with Crippen molar-refractivity contribution in [2.24, 2.45) is 0 Å². The number of rotatable bonds is 5. The Hall–Kier alpha value is -1.86. The van der Waals surface area contributed by atoms with Crippen LogP contribution >= 0.6 is 47.0 Å². The van der Waals surface area contributed by atoms with E-state index in [9.17, 15) is 0 Å². The quantitative estimate of drug-likeness (QED) is 0.395. The SMILES string of the molecule is FC(Cn1ccnc1)(NC(=S)Nc1ccc(Cl)cc1)c1ccc(Cl)cc1Cl. The third kappa shape index (κ3) is 5.11. The molecular weight excluding hydrogens is 430 g/mol. The molecule has 0 fully saturated rings. The van der Waals surface area contributed by atoms with Gasteiger partial charge in [0.25, 0.3) is 0 Å². The van der Waals surface area contributed by atoms with E-state index in [1.807, 2.05) is 0 Å². The molecule has 27 heavy (non-hydrogen) atoms. The smallest absolute Gasteiger partial charge is 0.227 e. The van der Waals surface area contributed by atoms with Crippen LogP contribution < -0.4 is 10.6 Å². The maximum absolute atomic E-state index is 16.1. The Bertz CT molecular complexity index is 934. The lowest BCUT2D eigenvalue weighted by molar-refractivity contribution is 0.117. The van der Waals surface area contributed by atoms with Gasteiger partial charge in [0.1, 0.15) is 0 Å². The molecule has 2 aromatic carbocycles. The third-order valence-electron chi connectivity index (χ3n) is 3.73. The number of halogens is 4. The summed E-state index contributed by atoms with van der Waals surface area (Å²) >= 11 is 23.4. The van der Waals surface area contributed by atoms with E-state index in [2.05, 4.69) is 15.6 Å². The average molecular weight is 444 g/mol. The summed E-state index contributed by atoms with van der Waals surface area (Å²) in [6, 6.07) is 11.5. The molecule has 4 nitrogen and oxygen atoms in total. The normalized spacial score (nSPS) is 13.0. The molecule has 140 valence electrons. The van der Waals surface area contributed by atoms with Crippen molar-refractivity contribution in [1.29, 1.82) is 0 Å². The highest BCUT2D eigenvalue weighted by Gasteiger charge is 2.35. The second kappa shape index (κ2) is 8.44. The second-order valence-corrected chi connectivity index (χ2v) is 7.43. The number of imidazole rings is 1. The molecule has 1 atom stereocenters. The lowest BCUT2D eigenvalue weighted by Gasteiger charge is -2.29. The molecule has 9 heteroatoms. The number of thiocarbonyl (C=S) groups is 1. The molecule has 1 heterocycles. The Morgan fingerprint density at radius 3 is 2.44 bits per heavy atom. The van der Waals surface area contributed by atoms with Crippen molar-refractivity contribution in [2.75, 3.05) is 5.32 Å². The maximum Gasteiger partial charge on any atom is 0.227 e. The van der Waals surface area contributed by atoms with Crippen molar-refractivity contribution in [3.05, 3.63) is 81.8 Å². The first-order valence-electron chi connectivity index (χ1n) is 7.81. The fourth-order valence-corrected chi connectivity index (χ4v) is 3.47. The van der Waals surface area contributed by atoms with Crippen LogP contribution in [0.15, 0.2) is 61.2 Å². The van der Waals surface area contributed by atoms with E-state index in [1.54, 1.807) is 47.3 Å². The molecular formula is C18H14Cl3FN4S. The number of aromatic nitrogens is 2. The lowest BCUT2D eigenvalue weighted by Crippen LogP contribution is -2.47. The Morgan fingerprint density at radius 2 is 1.81 bits per heavy atom. The highest BCUT2D eigenvalue weighted by molar-refractivity contribution is 7.80. The number of hydrogen-bond donors (Lipinski definition) is 2. The van der Waals surface area contributed by atoms with Gasteiger partial charge in [0.05, 0.1) is 17.9 Å². The summed E-state index contributed by atoms with van der Waals surface area (Å²) in [5.41, 5.74) is 0.881. The molecule has 0 amide bonds. The minimum atomic E-state index is -2.10. The summed E-state index contributed by atoms with van der Waals surface area (Å²) in [4.78, 5) is 3.95. The molecule has 0 radical (unpaired) electrons. The van der Waals surface area contributed by atoms with E-state index in [0.717, 1.165) is 0 Å². The summed E-state index contributed by atoms with van der Waals surface area (Å²) in [5.74, 6) is -2.10. The standard InChI is InChI=1S/C18H14Cl3FN4S/c19-12-1-4-14(5-2-12)24-17(27)25-18(22,10-26-8-7-23-11-26)15-6-3-13(20)9-16(15)21/h1-9,11H,10H2,(H2,24,25,27). The van der Waals surface area contributed by atoms with Gasteiger partial charge in [-0.15, -0.1) is 0 Å². The van der Waals surface area contributed by atoms with Crippen molar-refractivity contribution in [2.45, 2.75) is 12.3 Å². The van der Waals surface area contributed by atoms with Gasteiger partial charge in [-0.3, -0.25) is 0 Å². The van der Waals surface area contributed by atoms with E-state index in [1.165, 1.54) is 18.5 Å². The van der Waals surface area contributed by atoms with Crippen LogP contribution in [0.5, 0.6) is 0 Å². The fourth-order valence-electron chi connectivity index (χ4n) is 2.51. The van der Waals surface area contributed by atoms with E-state index in [0.29, 0.717) is 15.7 Å². The minimum absolute atomic E-state index is 0.0888. The zero-order valence-electron chi connectivity index (χ0n) is 13.8. The molecule has 3 rings (SSSR count). The van der Waals surface area contributed by atoms with Crippen molar-refractivity contribution in [3.63, 3.8) is 0 Å². The molecule has 3 aromatic rings. The topological polar surface area (TPSA) is 41.9 Å². The predicted octanol–water partition coefficient (Wildman–Crippen LogP) is 5.65. The summed E-state index contributed by atoms with van der Waals surface area (Å²) in [6.07, 6.45) is 4.72. The van der Waals surface area contributed by atoms with Crippen LogP contribution in [0, 0.1) is 0 Å². The number of nitrogens with one attached hydrogen (secondary N) is 2. The van der Waals surface area contributed by atoms with Crippen LogP contribution in [0.2, 0.25) is 15.1 Å². The summed E-state index contributed by atoms with van der Waals surface area (Å²) in [5, 5.41) is 6.93. The summed E-state index contributed by atoms with van der Waals surface area (Å²) < 4.78 is 17.6. The average Bonchev–Trinajstić information content (AvgIpc) is 3.09. The molecule has 0 aliphatic carbocycles. The number of anilines is 1. The van der Waals surface area contributed by atoms with Crippen LogP contribution in [0.3, 0.4) is 0 Å². The largest absolute Gasteiger partial charge is 0.333 e. The molecule has 0 saturated carbocycles. The molecule has 0 aliphatic rings. The number of nitrogens with zero attached hydrogens (tertiary/aromatic N) is 2. The number of benzene rings is 2. The maximum atomic E-state index is 16.1. The Kier molecular flexibility index (Phi) is 6.22. The zero-order valence-corrected chi connectivity index (χ0v) is 16.9. The van der Waals surface area contributed by atoms with Gasteiger partial charge in [-0.05, 0) is 48.6 Å². The minimum Gasteiger partial charge on any atom is -0.333 e. The first kappa shape index (κ1) is 19.9. The molecule has 1 aromatic heterocycles. The molecule has 0 bridgehead atoms. The van der Waals surface area contributed by atoms with Crippen LogP contribution in [-0.2, 0) is 12.3 Å². The highest BCUT2D eigenvalue weighted by atomic mass is 35.5. The molecule has 1 unspecified atom stereocenters. The molecule has 0 saturated heterocycles. The van der Waals surface area contributed by atoms with E-state index in [-0.39, 0.29) is 22.2 Å². The van der Waals surface area contributed by atoms with E-state index >= 15 is 4.39 Å². The van der Waals surface area contributed by atoms with Gasteiger partial charge in [0.15, 0.2) is 5.11 Å².